The lowest BCUT2D eigenvalue weighted by Gasteiger charge is -2.18. The van der Waals surface area contributed by atoms with E-state index in [-0.39, 0.29) is 5.82 Å². The third-order valence-corrected chi connectivity index (χ3v) is 5.81. The highest BCUT2D eigenvalue weighted by Gasteiger charge is 2.13. The minimum Gasteiger partial charge on any atom is -0.356 e. The number of guanidine groups is 1. The van der Waals surface area contributed by atoms with E-state index in [2.05, 4.69) is 15.6 Å². The quantitative estimate of drug-likeness (QED) is 0.355. The Morgan fingerprint density at radius 2 is 2.04 bits per heavy atom. The lowest BCUT2D eigenvalue weighted by atomic mass is 10.1. The lowest BCUT2D eigenvalue weighted by molar-refractivity contribution is 0.424. The van der Waals surface area contributed by atoms with Crippen LogP contribution in [0.15, 0.2) is 23.2 Å². The van der Waals surface area contributed by atoms with Crippen molar-refractivity contribution in [2.24, 2.45) is 4.99 Å². The average Bonchev–Trinajstić information content (AvgIpc) is 2.58. The van der Waals surface area contributed by atoms with E-state index in [1.807, 2.05) is 13.2 Å². The highest BCUT2D eigenvalue weighted by Crippen LogP contribution is 2.16. The van der Waals surface area contributed by atoms with E-state index in [0.29, 0.717) is 38.6 Å². The van der Waals surface area contributed by atoms with Crippen molar-refractivity contribution in [1.29, 1.82) is 0 Å². The Morgan fingerprint density at radius 1 is 1.31 bits per heavy atom. The number of hydrogen-bond donors (Lipinski definition) is 2. The molecule has 0 saturated heterocycles. The van der Waals surface area contributed by atoms with Crippen LogP contribution in [-0.2, 0) is 22.3 Å². The highest BCUT2D eigenvalue weighted by molar-refractivity contribution is 7.97. The minimum absolute atomic E-state index is 0.230. The lowest BCUT2D eigenvalue weighted by Crippen LogP contribution is -2.39. The molecule has 2 N–H and O–H groups in total. The van der Waals surface area contributed by atoms with Crippen LogP contribution in [0.3, 0.4) is 0 Å². The van der Waals surface area contributed by atoms with Crippen LogP contribution in [0, 0.1) is 5.82 Å². The molecule has 0 heterocycles. The Hall–Kier alpha value is -1.32. The molecular formula is C17H29FN4O2S2. The molecule has 0 spiro atoms. The maximum absolute atomic E-state index is 13.4. The van der Waals surface area contributed by atoms with Crippen LogP contribution in [0.5, 0.6) is 0 Å². The summed E-state index contributed by atoms with van der Waals surface area (Å²) in [5.41, 5.74) is 1.99. The SMILES string of the molecule is CCN(CCCNC(=NC)NCc1ccc(F)cc1CSC)S(C)(=O)=O. The Kier molecular flexibility index (Phi) is 9.97. The van der Waals surface area contributed by atoms with Gasteiger partial charge in [0.15, 0.2) is 5.96 Å². The van der Waals surface area contributed by atoms with E-state index in [1.54, 1.807) is 30.9 Å². The topological polar surface area (TPSA) is 73.8 Å². The van der Waals surface area contributed by atoms with Crippen molar-refractivity contribution in [3.8, 4) is 0 Å². The molecule has 1 aromatic rings. The summed E-state index contributed by atoms with van der Waals surface area (Å²) in [5, 5.41) is 6.38. The summed E-state index contributed by atoms with van der Waals surface area (Å²) in [6, 6.07) is 4.81. The van der Waals surface area contributed by atoms with Crippen LogP contribution in [0.25, 0.3) is 0 Å². The van der Waals surface area contributed by atoms with Crippen LogP contribution in [0.4, 0.5) is 4.39 Å². The summed E-state index contributed by atoms with van der Waals surface area (Å²) in [6.45, 7) is 3.90. The van der Waals surface area contributed by atoms with Crippen molar-refractivity contribution < 1.29 is 12.8 Å². The van der Waals surface area contributed by atoms with Crippen molar-refractivity contribution in [1.82, 2.24) is 14.9 Å². The third kappa shape index (κ3) is 7.92. The monoisotopic (exact) mass is 404 g/mol. The number of thioether (sulfide) groups is 1. The number of hydrogen-bond acceptors (Lipinski definition) is 4. The third-order valence-electron chi connectivity index (χ3n) is 3.84. The molecule has 0 aliphatic heterocycles. The Labute approximate surface area is 160 Å². The van der Waals surface area contributed by atoms with Crippen molar-refractivity contribution in [2.45, 2.75) is 25.6 Å². The number of halogens is 1. The largest absolute Gasteiger partial charge is 0.356 e. The smallest absolute Gasteiger partial charge is 0.211 e. The highest BCUT2D eigenvalue weighted by atomic mass is 32.2. The van der Waals surface area contributed by atoms with Gasteiger partial charge in [0.2, 0.25) is 10.0 Å². The molecule has 0 atom stereocenters. The first-order valence-corrected chi connectivity index (χ1v) is 11.7. The first-order chi connectivity index (χ1) is 12.3. The fourth-order valence-electron chi connectivity index (χ4n) is 2.48. The van der Waals surface area contributed by atoms with Crippen molar-refractivity contribution in [3.05, 3.63) is 35.1 Å². The van der Waals surface area contributed by atoms with Gasteiger partial charge < -0.3 is 10.6 Å². The molecule has 0 aliphatic rings. The molecule has 0 fully saturated rings. The van der Waals surface area contributed by atoms with Crippen LogP contribution in [-0.4, -0.2) is 57.9 Å². The standard InChI is InChI=1S/C17H29FN4O2S2/c1-5-22(26(4,23)24)10-6-9-20-17(19-2)21-12-14-7-8-16(18)11-15(14)13-25-3/h7-8,11H,5-6,9-10,12-13H2,1-4H3,(H2,19,20,21). The van der Waals surface area contributed by atoms with Gasteiger partial charge in [-0.05, 0) is 35.9 Å². The minimum atomic E-state index is -3.15. The van der Waals surface area contributed by atoms with E-state index in [4.69, 9.17) is 0 Å². The number of benzene rings is 1. The van der Waals surface area contributed by atoms with Gasteiger partial charge >= 0.3 is 0 Å². The van der Waals surface area contributed by atoms with E-state index in [0.717, 1.165) is 16.9 Å². The van der Waals surface area contributed by atoms with Gasteiger partial charge in [-0.25, -0.2) is 17.1 Å². The molecule has 26 heavy (non-hydrogen) atoms. The molecule has 6 nitrogen and oxygen atoms in total. The predicted molar refractivity (Wildman–Crippen MR) is 109 cm³/mol. The summed E-state index contributed by atoms with van der Waals surface area (Å²) in [5.74, 6) is 1.15. The molecule has 0 unspecified atom stereocenters. The number of nitrogens with one attached hydrogen (secondary N) is 2. The van der Waals surface area contributed by atoms with Crippen LogP contribution >= 0.6 is 11.8 Å². The van der Waals surface area contributed by atoms with Crippen LogP contribution in [0.2, 0.25) is 0 Å². The maximum Gasteiger partial charge on any atom is 0.211 e. The Bertz CT molecular complexity index is 696. The molecule has 0 aliphatic carbocycles. The summed E-state index contributed by atoms with van der Waals surface area (Å²) < 4.78 is 38.0. The maximum atomic E-state index is 13.4. The second-order valence-electron chi connectivity index (χ2n) is 5.81. The van der Waals surface area contributed by atoms with Gasteiger partial charge in [-0.3, -0.25) is 4.99 Å². The summed E-state index contributed by atoms with van der Waals surface area (Å²) >= 11 is 1.65. The molecule has 0 saturated carbocycles. The molecule has 0 radical (unpaired) electrons. The molecule has 1 aromatic carbocycles. The van der Waals surface area contributed by atoms with E-state index in [1.165, 1.54) is 16.6 Å². The van der Waals surface area contributed by atoms with E-state index < -0.39 is 10.0 Å². The first-order valence-electron chi connectivity index (χ1n) is 8.47. The predicted octanol–water partition coefficient (Wildman–Crippen LogP) is 2.03. The summed E-state index contributed by atoms with van der Waals surface area (Å²) in [6.07, 6.45) is 3.88. The zero-order chi connectivity index (χ0) is 19.6. The molecule has 0 bridgehead atoms. The van der Waals surface area contributed by atoms with Gasteiger partial charge in [0.1, 0.15) is 5.82 Å². The number of rotatable bonds is 10. The summed E-state index contributed by atoms with van der Waals surface area (Å²) in [7, 11) is -1.48. The fraction of sp³-hybridized carbons (Fsp3) is 0.588. The Balaban J connectivity index is 2.49. The van der Waals surface area contributed by atoms with Crippen LogP contribution < -0.4 is 10.6 Å². The van der Waals surface area contributed by atoms with Gasteiger partial charge in [-0.2, -0.15) is 11.8 Å². The van der Waals surface area contributed by atoms with Gasteiger partial charge in [0.25, 0.3) is 0 Å². The molecule has 148 valence electrons. The molecule has 0 aromatic heterocycles. The average molecular weight is 405 g/mol. The number of sulfonamides is 1. The zero-order valence-electron chi connectivity index (χ0n) is 15.9. The zero-order valence-corrected chi connectivity index (χ0v) is 17.5. The van der Waals surface area contributed by atoms with Crippen molar-refractivity contribution in [3.63, 3.8) is 0 Å². The second-order valence-corrected chi connectivity index (χ2v) is 8.66. The van der Waals surface area contributed by atoms with Gasteiger partial charge in [-0.15, -0.1) is 0 Å². The van der Waals surface area contributed by atoms with Gasteiger partial charge in [0.05, 0.1) is 6.26 Å². The molecule has 9 heteroatoms. The second kappa shape index (κ2) is 11.4. The van der Waals surface area contributed by atoms with Gasteiger partial charge in [0, 0.05) is 39.0 Å². The molecule has 0 amide bonds. The van der Waals surface area contributed by atoms with Gasteiger partial charge in [-0.1, -0.05) is 13.0 Å². The fourth-order valence-corrected chi connectivity index (χ4v) is 3.99. The van der Waals surface area contributed by atoms with E-state index in [9.17, 15) is 12.8 Å². The van der Waals surface area contributed by atoms with Crippen LogP contribution in [0.1, 0.15) is 24.5 Å². The Morgan fingerprint density at radius 3 is 2.62 bits per heavy atom. The first kappa shape index (κ1) is 22.7. The normalized spacial score (nSPS) is 12.5. The van der Waals surface area contributed by atoms with Crippen molar-refractivity contribution >= 4 is 27.7 Å². The van der Waals surface area contributed by atoms with E-state index >= 15 is 0 Å². The molecule has 1 rings (SSSR count). The molecular weight excluding hydrogens is 375 g/mol. The summed E-state index contributed by atoms with van der Waals surface area (Å²) in [4.78, 5) is 4.17. The van der Waals surface area contributed by atoms with Crippen molar-refractivity contribution in [2.75, 3.05) is 39.2 Å². The number of nitrogens with zero attached hydrogens (tertiary/aromatic N) is 2. The number of aliphatic imine (C=N–C) groups is 1.